The standard InChI is InChI=1S/C18H26O4/c1-4-6-7-12-21-17(19)15-8-10-16(11-9-15)18(20)22-13-14(3)5-2/h8-11,14H,4-7,12-13H2,1-3H3. The second-order valence-electron chi connectivity index (χ2n) is 5.53. The van der Waals surface area contributed by atoms with E-state index in [1.807, 2.05) is 6.92 Å². The van der Waals surface area contributed by atoms with E-state index in [0.29, 0.717) is 30.3 Å². The van der Waals surface area contributed by atoms with Crippen LogP contribution >= 0.6 is 0 Å². The molecule has 0 radical (unpaired) electrons. The fraction of sp³-hybridized carbons (Fsp3) is 0.556. The minimum Gasteiger partial charge on any atom is -0.462 e. The molecule has 4 heteroatoms. The van der Waals surface area contributed by atoms with Crippen LogP contribution in [0.5, 0.6) is 0 Å². The molecular formula is C18H26O4. The van der Waals surface area contributed by atoms with E-state index in [-0.39, 0.29) is 11.9 Å². The summed E-state index contributed by atoms with van der Waals surface area (Å²) < 4.78 is 10.4. The maximum absolute atomic E-state index is 11.9. The van der Waals surface area contributed by atoms with Gasteiger partial charge in [0.1, 0.15) is 0 Å². The fourth-order valence-corrected chi connectivity index (χ4v) is 1.76. The highest BCUT2D eigenvalue weighted by atomic mass is 16.5. The summed E-state index contributed by atoms with van der Waals surface area (Å²) in [7, 11) is 0. The molecule has 0 saturated carbocycles. The molecule has 1 aromatic rings. The second kappa shape index (κ2) is 9.98. The van der Waals surface area contributed by atoms with Crippen LogP contribution in [0.15, 0.2) is 24.3 Å². The summed E-state index contributed by atoms with van der Waals surface area (Å²) in [4.78, 5) is 23.7. The van der Waals surface area contributed by atoms with Gasteiger partial charge < -0.3 is 9.47 Å². The van der Waals surface area contributed by atoms with Gasteiger partial charge in [0.15, 0.2) is 0 Å². The van der Waals surface area contributed by atoms with Crippen LogP contribution in [0.1, 0.15) is 67.2 Å². The highest BCUT2D eigenvalue weighted by molar-refractivity contribution is 5.93. The van der Waals surface area contributed by atoms with Crippen molar-refractivity contribution in [3.05, 3.63) is 35.4 Å². The lowest BCUT2D eigenvalue weighted by Crippen LogP contribution is -2.12. The smallest absolute Gasteiger partial charge is 0.338 e. The van der Waals surface area contributed by atoms with Gasteiger partial charge in [0.25, 0.3) is 0 Å². The minimum atomic E-state index is -0.358. The molecule has 0 aliphatic rings. The molecule has 0 amide bonds. The first-order chi connectivity index (χ1) is 10.6. The number of esters is 2. The number of hydrogen-bond donors (Lipinski definition) is 0. The van der Waals surface area contributed by atoms with E-state index in [4.69, 9.17) is 9.47 Å². The summed E-state index contributed by atoms with van der Waals surface area (Å²) in [5.41, 5.74) is 0.904. The van der Waals surface area contributed by atoms with Crippen molar-refractivity contribution in [1.29, 1.82) is 0 Å². The van der Waals surface area contributed by atoms with Gasteiger partial charge in [0.2, 0.25) is 0 Å². The van der Waals surface area contributed by atoms with Crippen molar-refractivity contribution in [2.75, 3.05) is 13.2 Å². The van der Waals surface area contributed by atoms with E-state index in [0.717, 1.165) is 25.7 Å². The number of hydrogen-bond acceptors (Lipinski definition) is 4. The summed E-state index contributed by atoms with van der Waals surface area (Å²) in [5.74, 6) is -0.361. The lowest BCUT2D eigenvalue weighted by Gasteiger charge is -2.10. The molecule has 0 saturated heterocycles. The van der Waals surface area contributed by atoms with Crippen molar-refractivity contribution < 1.29 is 19.1 Å². The Bertz CT molecular complexity index is 464. The van der Waals surface area contributed by atoms with Crippen LogP contribution in [-0.4, -0.2) is 25.2 Å². The van der Waals surface area contributed by atoms with Gasteiger partial charge >= 0.3 is 11.9 Å². The molecule has 122 valence electrons. The lowest BCUT2D eigenvalue weighted by atomic mass is 10.1. The first-order valence-electron chi connectivity index (χ1n) is 8.02. The van der Waals surface area contributed by atoms with E-state index in [1.165, 1.54) is 0 Å². The Morgan fingerprint density at radius 3 is 2.00 bits per heavy atom. The maximum atomic E-state index is 11.9. The number of carbonyl (C=O) groups excluding carboxylic acids is 2. The van der Waals surface area contributed by atoms with Crippen LogP contribution in [0.4, 0.5) is 0 Å². The number of rotatable bonds is 9. The van der Waals surface area contributed by atoms with Gasteiger partial charge in [0.05, 0.1) is 24.3 Å². The van der Waals surface area contributed by atoms with E-state index >= 15 is 0 Å². The first-order valence-corrected chi connectivity index (χ1v) is 8.02. The molecule has 22 heavy (non-hydrogen) atoms. The number of unbranched alkanes of at least 4 members (excludes halogenated alkanes) is 2. The summed E-state index contributed by atoms with van der Waals surface area (Å²) >= 11 is 0. The Kier molecular flexibility index (Phi) is 8.26. The maximum Gasteiger partial charge on any atom is 0.338 e. The van der Waals surface area contributed by atoms with Crippen LogP contribution < -0.4 is 0 Å². The van der Waals surface area contributed by atoms with E-state index in [1.54, 1.807) is 24.3 Å². The molecule has 0 N–H and O–H groups in total. The average Bonchev–Trinajstić information content (AvgIpc) is 2.56. The Balaban J connectivity index is 2.48. The molecule has 0 bridgehead atoms. The van der Waals surface area contributed by atoms with Crippen LogP contribution in [0.25, 0.3) is 0 Å². The molecule has 0 aromatic heterocycles. The number of ether oxygens (including phenoxy) is 2. The van der Waals surface area contributed by atoms with Crippen molar-refractivity contribution in [2.45, 2.75) is 46.5 Å². The molecule has 0 heterocycles. The third-order valence-electron chi connectivity index (χ3n) is 3.53. The van der Waals surface area contributed by atoms with Gasteiger partial charge in [-0.3, -0.25) is 0 Å². The number of carbonyl (C=O) groups is 2. The average molecular weight is 306 g/mol. The molecule has 4 nitrogen and oxygen atoms in total. The van der Waals surface area contributed by atoms with Gasteiger partial charge in [0, 0.05) is 0 Å². The predicted octanol–water partition coefficient (Wildman–Crippen LogP) is 4.24. The lowest BCUT2D eigenvalue weighted by molar-refractivity contribution is 0.0443. The molecule has 1 aromatic carbocycles. The van der Waals surface area contributed by atoms with Crippen molar-refractivity contribution in [3.63, 3.8) is 0 Å². The largest absolute Gasteiger partial charge is 0.462 e. The van der Waals surface area contributed by atoms with Crippen molar-refractivity contribution in [2.24, 2.45) is 5.92 Å². The zero-order valence-electron chi connectivity index (χ0n) is 13.8. The van der Waals surface area contributed by atoms with E-state index in [2.05, 4.69) is 13.8 Å². The van der Waals surface area contributed by atoms with Gasteiger partial charge in [-0.05, 0) is 36.6 Å². The molecule has 1 rings (SSSR count). The van der Waals surface area contributed by atoms with Gasteiger partial charge in [-0.2, -0.15) is 0 Å². The third kappa shape index (κ3) is 6.29. The van der Waals surface area contributed by atoms with Crippen LogP contribution in [0, 0.1) is 5.92 Å². The first kappa shape index (κ1) is 18.2. The molecular weight excluding hydrogens is 280 g/mol. The topological polar surface area (TPSA) is 52.6 Å². The van der Waals surface area contributed by atoms with Gasteiger partial charge in [-0.15, -0.1) is 0 Å². The summed E-state index contributed by atoms with van der Waals surface area (Å²) in [6.07, 6.45) is 3.98. The van der Waals surface area contributed by atoms with Crippen LogP contribution in [-0.2, 0) is 9.47 Å². The van der Waals surface area contributed by atoms with E-state index < -0.39 is 0 Å². The Hall–Kier alpha value is -1.84. The van der Waals surface area contributed by atoms with Crippen molar-refractivity contribution >= 4 is 11.9 Å². The van der Waals surface area contributed by atoms with Gasteiger partial charge in [-0.1, -0.05) is 40.0 Å². The SMILES string of the molecule is CCCCCOC(=O)c1ccc(C(=O)OCC(C)CC)cc1. The van der Waals surface area contributed by atoms with Gasteiger partial charge in [-0.25, -0.2) is 9.59 Å². The summed E-state index contributed by atoms with van der Waals surface area (Å²) in [6.45, 7) is 7.03. The number of benzene rings is 1. The van der Waals surface area contributed by atoms with Crippen molar-refractivity contribution in [1.82, 2.24) is 0 Å². The second-order valence-corrected chi connectivity index (χ2v) is 5.53. The van der Waals surface area contributed by atoms with Crippen LogP contribution in [0.3, 0.4) is 0 Å². The molecule has 0 aliphatic heterocycles. The molecule has 0 spiro atoms. The zero-order valence-corrected chi connectivity index (χ0v) is 13.8. The molecule has 1 unspecified atom stereocenters. The van der Waals surface area contributed by atoms with E-state index in [9.17, 15) is 9.59 Å². The highest BCUT2D eigenvalue weighted by Gasteiger charge is 2.11. The normalized spacial score (nSPS) is 11.8. The Labute approximate surface area is 132 Å². The summed E-state index contributed by atoms with van der Waals surface area (Å²) in [6, 6.07) is 6.40. The molecule has 1 atom stereocenters. The minimum absolute atomic E-state index is 0.348. The zero-order chi connectivity index (χ0) is 16.4. The fourth-order valence-electron chi connectivity index (χ4n) is 1.76. The quantitative estimate of drug-likeness (QED) is 0.506. The summed E-state index contributed by atoms with van der Waals surface area (Å²) in [5, 5.41) is 0. The van der Waals surface area contributed by atoms with Crippen molar-refractivity contribution in [3.8, 4) is 0 Å². The Morgan fingerprint density at radius 1 is 0.955 bits per heavy atom. The highest BCUT2D eigenvalue weighted by Crippen LogP contribution is 2.09. The molecule has 0 fully saturated rings. The predicted molar refractivity (Wildman–Crippen MR) is 86.0 cm³/mol. The monoisotopic (exact) mass is 306 g/mol. The third-order valence-corrected chi connectivity index (χ3v) is 3.53. The Morgan fingerprint density at radius 2 is 1.50 bits per heavy atom. The van der Waals surface area contributed by atoms with Crippen LogP contribution in [0.2, 0.25) is 0 Å². The molecule has 0 aliphatic carbocycles.